The van der Waals surface area contributed by atoms with Crippen LogP contribution in [0.3, 0.4) is 0 Å². The largest absolute Gasteiger partial charge is 0.490 e. The molecule has 7 heteroatoms. The smallest absolute Gasteiger partial charge is 0.270 e. The molecule has 2 amide bonds. The van der Waals surface area contributed by atoms with Gasteiger partial charge in [0, 0.05) is 9.13 Å². The highest BCUT2D eigenvalue weighted by Gasteiger charge is 2.13. The number of halogens is 2. The molecule has 0 unspecified atom stereocenters. The van der Waals surface area contributed by atoms with Gasteiger partial charge in [-0.2, -0.15) is 0 Å². The maximum absolute atomic E-state index is 12.2. The van der Waals surface area contributed by atoms with Crippen molar-refractivity contribution in [3.63, 3.8) is 0 Å². The minimum atomic E-state index is -0.411. The third-order valence-electron chi connectivity index (χ3n) is 2.96. The summed E-state index contributed by atoms with van der Waals surface area (Å²) in [5.41, 5.74) is 5.73. The predicted molar refractivity (Wildman–Crippen MR) is 104 cm³/mol. The van der Waals surface area contributed by atoms with Crippen LogP contribution in [0.4, 0.5) is 0 Å². The lowest BCUT2D eigenvalue weighted by molar-refractivity contribution is 0.0846. The summed E-state index contributed by atoms with van der Waals surface area (Å²) in [6.45, 7) is 3.85. The number of hydrogen-bond donors (Lipinski definition) is 2. The highest BCUT2D eigenvalue weighted by Crippen LogP contribution is 2.26. The van der Waals surface area contributed by atoms with Gasteiger partial charge in [-0.3, -0.25) is 20.4 Å². The van der Waals surface area contributed by atoms with Crippen molar-refractivity contribution < 1.29 is 14.3 Å². The van der Waals surface area contributed by atoms with E-state index in [1.54, 1.807) is 30.3 Å². The number of hydrazine groups is 1. The lowest BCUT2D eigenvalue weighted by Gasteiger charge is -2.13. The number of carbonyl (C=O) groups excluding carboxylic acids is 2. The van der Waals surface area contributed by atoms with Gasteiger partial charge >= 0.3 is 0 Å². The Bertz CT molecular complexity index is 765. The quantitative estimate of drug-likeness (QED) is 0.492. The highest BCUT2D eigenvalue weighted by atomic mass is 127. The topological polar surface area (TPSA) is 67.4 Å². The van der Waals surface area contributed by atoms with Crippen LogP contribution in [0.5, 0.6) is 5.75 Å². The summed E-state index contributed by atoms with van der Waals surface area (Å²) in [5.74, 6) is -0.123. The summed E-state index contributed by atoms with van der Waals surface area (Å²) in [6, 6.07) is 12.1. The summed E-state index contributed by atoms with van der Waals surface area (Å²) in [7, 11) is 0. The van der Waals surface area contributed by atoms with E-state index in [0.29, 0.717) is 21.3 Å². The first-order valence-electron chi connectivity index (χ1n) is 7.20. The van der Waals surface area contributed by atoms with Crippen LogP contribution >= 0.6 is 38.5 Å². The van der Waals surface area contributed by atoms with Gasteiger partial charge in [-0.1, -0.05) is 12.1 Å². The molecule has 0 bridgehead atoms. The Hall–Kier alpha value is -1.61. The van der Waals surface area contributed by atoms with Crippen molar-refractivity contribution in [1.82, 2.24) is 10.9 Å². The molecule has 0 radical (unpaired) electrons. The first kappa shape index (κ1) is 18.7. The Morgan fingerprint density at radius 2 is 1.75 bits per heavy atom. The molecule has 0 spiro atoms. The molecule has 0 aliphatic rings. The average molecular weight is 503 g/mol. The summed E-state index contributed by atoms with van der Waals surface area (Å²) >= 11 is 5.44. The van der Waals surface area contributed by atoms with Gasteiger partial charge in [0.05, 0.1) is 16.1 Å². The fraction of sp³-hybridized carbons (Fsp3) is 0.176. The van der Waals surface area contributed by atoms with Gasteiger partial charge in [-0.15, -0.1) is 0 Å². The number of ether oxygens (including phenoxy) is 1. The van der Waals surface area contributed by atoms with Gasteiger partial charge in [0.1, 0.15) is 5.75 Å². The fourth-order valence-corrected chi connectivity index (χ4v) is 2.99. The van der Waals surface area contributed by atoms with Crippen molar-refractivity contribution in [3.8, 4) is 5.75 Å². The standard InChI is InChI=1S/C17H16BrIN2O3/c1-10(2)24-15-8-7-11(9-13(15)18)16(22)20-21-17(23)12-5-3-4-6-14(12)19/h3-10H,1-2H3,(H,20,22)(H,21,23). The summed E-state index contributed by atoms with van der Waals surface area (Å²) in [5, 5.41) is 0. The van der Waals surface area contributed by atoms with Gasteiger partial charge in [-0.25, -0.2) is 0 Å². The molecule has 0 fully saturated rings. The molecule has 24 heavy (non-hydrogen) atoms. The Morgan fingerprint density at radius 1 is 1.08 bits per heavy atom. The molecule has 0 saturated carbocycles. The first-order valence-corrected chi connectivity index (χ1v) is 9.07. The molecule has 126 valence electrons. The van der Waals surface area contributed by atoms with Gasteiger partial charge in [0.15, 0.2) is 0 Å². The van der Waals surface area contributed by atoms with Crippen molar-refractivity contribution >= 4 is 50.3 Å². The molecule has 0 aliphatic heterocycles. The Morgan fingerprint density at radius 3 is 2.38 bits per heavy atom. The van der Waals surface area contributed by atoms with Gasteiger partial charge in [0.2, 0.25) is 0 Å². The Balaban J connectivity index is 2.01. The molecule has 5 nitrogen and oxygen atoms in total. The molecular weight excluding hydrogens is 487 g/mol. The molecule has 0 aromatic heterocycles. The lowest BCUT2D eigenvalue weighted by atomic mass is 10.2. The fourth-order valence-electron chi connectivity index (χ4n) is 1.89. The Kier molecular flexibility index (Phi) is 6.61. The van der Waals surface area contributed by atoms with Crippen LogP contribution in [0, 0.1) is 3.57 Å². The van der Waals surface area contributed by atoms with Crippen molar-refractivity contribution in [1.29, 1.82) is 0 Å². The number of benzene rings is 2. The second-order valence-corrected chi connectivity index (χ2v) is 7.22. The first-order chi connectivity index (χ1) is 11.4. The van der Waals surface area contributed by atoms with Crippen LogP contribution in [0.25, 0.3) is 0 Å². The third kappa shape index (κ3) is 4.94. The van der Waals surface area contributed by atoms with E-state index in [1.807, 2.05) is 26.0 Å². The Labute approximate surface area is 162 Å². The molecule has 2 N–H and O–H groups in total. The van der Waals surface area contributed by atoms with Crippen molar-refractivity contribution in [2.75, 3.05) is 0 Å². The van der Waals surface area contributed by atoms with Gasteiger partial charge in [-0.05, 0) is 82.7 Å². The van der Waals surface area contributed by atoms with Crippen LogP contribution in [-0.2, 0) is 0 Å². The minimum Gasteiger partial charge on any atom is -0.490 e. The van der Waals surface area contributed by atoms with Crippen LogP contribution in [0.2, 0.25) is 0 Å². The minimum absolute atomic E-state index is 0.0357. The second-order valence-electron chi connectivity index (χ2n) is 5.20. The molecule has 0 heterocycles. The van der Waals surface area contributed by atoms with E-state index >= 15 is 0 Å². The number of nitrogens with one attached hydrogen (secondary N) is 2. The van der Waals surface area contributed by atoms with E-state index in [0.717, 1.165) is 3.57 Å². The number of carbonyl (C=O) groups is 2. The van der Waals surface area contributed by atoms with Crippen molar-refractivity contribution in [2.45, 2.75) is 20.0 Å². The second kappa shape index (κ2) is 8.48. The van der Waals surface area contributed by atoms with Crippen LogP contribution < -0.4 is 15.6 Å². The normalized spacial score (nSPS) is 10.4. The van der Waals surface area contributed by atoms with E-state index < -0.39 is 5.91 Å². The van der Waals surface area contributed by atoms with E-state index in [9.17, 15) is 9.59 Å². The highest BCUT2D eigenvalue weighted by molar-refractivity contribution is 14.1. The van der Waals surface area contributed by atoms with E-state index in [2.05, 4.69) is 49.4 Å². The summed E-state index contributed by atoms with van der Waals surface area (Å²) in [6.07, 6.45) is 0.0357. The third-order valence-corrected chi connectivity index (χ3v) is 4.53. The zero-order valence-electron chi connectivity index (χ0n) is 13.1. The van der Waals surface area contributed by atoms with E-state index in [1.165, 1.54) is 0 Å². The van der Waals surface area contributed by atoms with Crippen LogP contribution in [0.1, 0.15) is 34.6 Å². The number of hydrogen-bond acceptors (Lipinski definition) is 3. The predicted octanol–water partition coefficient (Wildman–Crippen LogP) is 3.92. The zero-order chi connectivity index (χ0) is 17.7. The molecule has 2 aromatic carbocycles. The number of amides is 2. The summed E-state index contributed by atoms with van der Waals surface area (Å²) in [4.78, 5) is 24.2. The maximum Gasteiger partial charge on any atom is 0.270 e. The molecule has 2 aromatic rings. The van der Waals surface area contributed by atoms with Gasteiger partial charge in [0.25, 0.3) is 11.8 Å². The number of rotatable bonds is 4. The molecule has 0 aliphatic carbocycles. The molecule has 2 rings (SSSR count). The van der Waals surface area contributed by atoms with Crippen LogP contribution in [-0.4, -0.2) is 17.9 Å². The summed E-state index contributed by atoms with van der Waals surface area (Å²) < 4.78 is 7.08. The van der Waals surface area contributed by atoms with Crippen molar-refractivity contribution in [2.24, 2.45) is 0 Å². The van der Waals surface area contributed by atoms with Gasteiger partial charge < -0.3 is 4.74 Å². The average Bonchev–Trinajstić information content (AvgIpc) is 2.54. The monoisotopic (exact) mass is 502 g/mol. The molecule has 0 atom stereocenters. The zero-order valence-corrected chi connectivity index (χ0v) is 16.8. The molecular formula is C17H16BrIN2O3. The van der Waals surface area contributed by atoms with E-state index in [-0.39, 0.29) is 12.0 Å². The lowest BCUT2D eigenvalue weighted by Crippen LogP contribution is -2.41. The van der Waals surface area contributed by atoms with Crippen LogP contribution in [0.15, 0.2) is 46.9 Å². The van der Waals surface area contributed by atoms with Crippen molar-refractivity contribution in [3.05, 3.63) is 61.6 Å². The molecule has 0 saturated heterocycles. The maximum atomic E-state index is 12.2. The SMILES string of the molecule is CC(C)Oc1ccc(C(=O)NNC(=O)c2ccccc2I)cc1Br. The van der Waals surface area contributed by atoms with E-state index in [4.69, 9.17) is 4.74 Å².